The van der Waals surface area contributed by atoms with Crippen LogP contribution in [-0.4, -0.2) is 41.7 Å². The quantitative estimate of drug-likeness (QED) is 0.536. The minimum absolute atomic E-state index is 0.118. The van der Waals surface area contributed by atoms with E-state index in [1.54, 1.807) is 12.3 Å². The molecule has 24 heavy (non-hydrogen) atoms. The second kappa shape index (κ2) is 5.59. The summed E-state index contributed by atoms with van der Waals surface area (Å²) >= 11 is 0. The number of anilines is 1. The first-order valence-electron chi connectivity index (χ1n) is 7.87. The second-order valence-corrected chi connectivity index (χ2v) is 5.95. The molecule has 1 saturated heterocycles. The lowest BCUT2D eigenvalue weighted by molar-refractivity contribution is -0.391. The van der Waals surface area contributed by atoms with Crippen LogP contribution >= 0.6 is 0 Å². The molecule has 0 aromatic carbocycles. The van der Waals surface area contributed by atoms with Gasteiger partial charge in [-0.15, -0.1) is 0 Å². The van der Waals surface area contributed by atoms with Crippen LogP contribution in [0.1, 0.15) is 18.7 Å². The molecule has 0 bridgehead atoms. The van der Waals surface area contributed by atoms with Gasteiger partial charge in [0.15, 0.2) is 5.82 Å². The average molecular weight is 327 g/mol. The molecule has 0 saturated carbocycles. The number of nitrogens with zero attached hydrogens (tertiary/aromatic N) is 7. The van der Waals surface area contributed by atoms with Crippen LogP contribution in [0.4, 0.5) is 11.6 Å². The topological polar surface area (TPSA) is 94.4 Å². The Labute approximate surface area is 137 Å². The van der Waals surface area contributed by atoms with E-state index in [9.17, 15) is 10.1 Å². The molecule has 4 rings (SSSR count). The lowest BCUT2D eigenvalue weighted by Gasteiger charge is -2.25. The van der Waals surface area contributed by atoms with Gasteiger partial charge in [-0.2, -0.15) is 0 Å². The Bertz CT molecular complexity index is 900. The van der Waals surface area contributed by atoms with Crippen molar-refractivity contribution in [2.45, 2.75) is 32.4 Å². The number of rotatable bonds is 4. The third kappa shape index (κ3) is 2.38. The third-order valence-corrected chi connectivity index (χ3v) is 4.52. The first kappa shape index (κ1) is 14.6. The van der Waals surface area contributed by atoms with Gasteiger partial charge in [0, 0.05) is 37.6 Å². The number of hydrogen-bond donors (Lipinski definition) is 0. The third-order valence-electron chi connectivity index (χ3n) is 4.52. The summed E-state index contributed by atoms with van der Waals surface area (Å²) in [5.41, 5.74) is 0.478. The fourth-order valence-corrected chi connectivity index (χ4v) is 3.28. The standard InChI is InChI=1S/C15H17N7O2/c1-11-16-6-8-19(11)10-12-3-2-7-20(12)14-5-4-13-17-9-15(22(23)24)21(13)18-14/h4-6,8-9,12H,2-3,7,10H2,1H3/t12-/m1/s1. The van der Waals surface area contributed by atoms with Crippen molar-refractivity contribution in [1.29, 1.82) is 0 Å². The predicted octanol–water partition coefficient (Wildman–Crippen LogP) is 1.81. The van der Waals surface area contributed by atoms with Gasteiger partial charge in [-0.05, 0) is 30.8 Å². The molecule has 3 aromatic heterocycles. The summed E-state index contributed by atoms with van der Waals surface area (Å²) in [6.45, 7) is 3.70. The Morgan fingerprint density at radius 1 is 1.38 bits per heavy atom. The van der Waals surface area contributed by atoms with Crippen LogP contribution < -0.4 is 4.90 Å². The number of aromatic nitrogens is 5. The Morgan fingerprint density at radius 2 is 2.25 bits per heavy atom. The van der Waals surface area contributed by atoms with Crippen LogP contribution in [0.15, 0.2) is 30.7 Å². The van der Waals surface area contributed by atoms with Gasteiger partial charge in [-0.3, -0.25) is 0 Å². The Morgan fingerprint density at radius 3 is 3.00 bits per heavy atom. The van der Waals surface area contributed by atoms with Crippen molar-refractivity contribution in [3.63, 3.8) is 0 Å². The molecule has 4 heterocycles. The van der Waals surface area contributed by atoms with Gasteiger partial charge in [0.25, 0.3) is 0 Å². The summed E-state index contributed by atoms with van der Waals surface area (Å²) in [6, 6.07) is 3.95. The van der Waals surface area contributed by atoms with Gasteiger partial charge in [0.1, 0.15) is 12.0 Å². The van der Waals surface area contributed by atoms with Crippen molar-refractivity contribution in [3.05, 3.63) is 46.7 Å². The van der Waals surface area contributed by atoms with Crippen LogP contribution in [0, 0.1) is 17.0 Å². The zero-order valence-electron chi connectivity index (χ0n) is 13.2. The summed E-state index contributed by atoms with van der Waals surface area (Å²) in [5, 5.41) is 15.6. The van der Waals surface area contributed by atoms with Crippen LogP contribution in [0.2, 0.25) is 0 Å². The van der Waals surface area contributed by atoms with Crippen molar-refractivity contribution in [1.82, 2.24) is 24.1 Å². The zero-order chi connectivity index (χ0) is 16.7. The van der Waals surface area contributed by atoms with E-state index in [-0.39, 0.29) is 5.82 Å². The predicted molar refractivity (Wildman–Crippen MR) is 87.0 cm³/mol. The van der Waals surface area contributed by atoms with Crippen molar-refractivity contribution >= 4 is 17.3 Å². The minimum atomic E-state index is -0.465. The van der Waals surface area contributed by atoms with Crippen molar-refractivity contribution in [3.8, 4) is 0 Å². The first-order chi connectivity index (χ1) is 11.6. The van der Waals surface area contributed by atoms with E-state index in [0.717, 1.165) is 37.6 Å². The molecule has 1 aliphatic heterocycles. The summed E-state index contributed by atoms with van der Waals surface area (Å²) in [5.74, 6) is 1.60. The van der Waals surface area contributed by atoms with Crippen LogP contribution in [0.3, 0.4) is 0 Å². The molecule has 124 valence electrons. The highest BCUT2D eigenvalue weighted by Gasteiger charge is 2.28. The lowest BCUT2D eigenvalue weighted by atomic mass is 10.2. The molecule has 1 atom stereocenters. The van der Waals surface area contributed by atoms with E-state index in [1.165, 1.54) is 10.7 Å². The fourth-order valence-electron chi connectivity index (χ4n) is 3.28. The number of aryl methyl sites for hydroxylation is 1. The number of imidazole rings is 2. The molecule has 0 aliphatic carbocycles. The number of fused-ring (bicyclic) bond motifs is 1. The Balaban J connectivity index is 1.66. The van der Waals surface area contributed by atoms with Gasteiger partial charge < -0.3 is 19.6 Å². The summed E-state index contributed by atoms with van der Waals surface area (Å²) in [4.78, 5) is 21.1. The van der Waals surface area contributed by atoms with E-state index in [1.807, 2.05) is 19.2 Å². The molecule has 0 radical (unpaired) electrons. The molecule has 9 heteroatoms. The lowest BCUT2D eigenvalue weighted by Crippen LogP contribution is -2.34. The van der Waals surface area contributed by atoms with E-state index in [4.69, 9.17) is 0 Å². The second-order valence-electron chi connectivity index (χ2n) is 5.95. The van der Waals surface area contributed by atoms with E-state index in [0.29, 0.717) is 11.7 Å². The number of hydrogen-bond acceptors (Lipinski definition) is 6. The van der Waals surface area contributed by atoms with Crippen molar-refractivity contribution in [2.24, 2.45) is 0 Å². The van der Waals surface area contributed by atoms with E-state index >= 15 is 0 Å². The molecule has 0 spiro atoms. The maximum absolute atomic E-state index is 11.1. The Hall–Kier alpha value is -2.97. The first-order valence-corrected chi connectivity index (χ1v) is 7.87. The fraction of sp³-hybridized carbons (Fsp3) is 0.400. The smallest absolute Gasteiger partial charge is 0.358 e. The molecule has 1 fully saturated rings. The van der Waals surface area contributed by atoms with Gasteiger partial charge in [-0.25, -0.2) is 9.97 Å². The average Bonchev–Trinajstić information content (AvgIpc) is 3.27. The summed E-state index contributed by atoms with van der Waals surface area (Å²) in [7, 11) is 0. The van der Waals surface area contributed by atoms with Crippen molar-refractivity contribution in [2.75, 3.05) is 11.4 Å². The SMILES string of the molecule is Cc1nccn1C[C@H]1CCCN1c1ccc2ncc([N+](=O)[O-])n2n1. The van der Waals surface area contributed by atoms with Gasteiger partial charge in [-0.1, -0.05) is 9.61 Å². The van der Waals surface area contributed by atoms with Gasteiger partial charge in [0.2, 0.25) is 5.65 Å². The maximum Gasteiger partial charge on any atom is 0.368 e. The molecular formula is C15H17N7O2. The maximum atomic E-state index is 11.1. The highest BCUT2D eigenvalue weighted by Crippen LogP contribution is 2.26. The van der Waals surface area contributed by atoms with Crippen molar-refractivity contribution < 1.29 is 4.92 Å². The Kier molecular flexibility index (Phi) is 3.40. The molecule has 0 amide bonds. The molecule has 0 N–H and O–H groups in total. The van der Waals surface area contributed by atoms with Crippen LogP contribution in [-0.2, 0) is 6.54 Å². The van der Waals surface area contributed by atoms with Crippen LogP contribution in [0.5, 0.6) is 0 Å². The molecule has 3 aromatic rings. The largest absolute Gasteiger partial charge is 0.368 e. The molecular weight excluding hydrogens is 310 g/mol. The highest BCUT2D eigenvalue weighted by molar-refractivity contribution is 5.50. The highest BCUT2D eigenvalue weighted by atomic mass is 16.6. The van der Waals surface area contributed by atoms with E-state index in [2.05, 4.69) is 24.5 Å². The summed E-state index contributed by atoms with van der Waals surface area (Å²) in [6.07, 6.45) is 7.15. The number of nitro groups is 1. The monoisotopic (exact) mass is 327 g/mol. The summed E-state index contributed by atoms with van der Waals surface area (Å²) < 4.78 is 3.42. The molecule has 1 aliphatic rings. The normalized spacial score (nSPS) is 17.7. The zero-order valence-corrected chi connectivity index (χ0v) is 13.2. The van der Waals surface area contributed by atoms with Crippen LogP contribution in [0.25, 0.3) is 5.65 Å². The van der Waals surface area contributed by atoms with Gasteiger partial charge in [0.05, 0.1) is 0 Å². The molecule has 9 nitrogen and oxygen atoms in total. The minimum Gasteiger partial charge on any atom is -0.358 e. The van der Waals surface area contributed by atoms with Gasteiger partial charge >= 0.3 is 5.82 Å². The van der Waals surface area contributed by atoms with E-state index < -0.39 is 4.92 Å². The molecule has 0 unspecified atom stereocenters.